The van der Waals surface area contributed by atoms with E-state index in [1.165, 1.54) is 0 Å². The fourth-order valence-corrected chi connectivity index (χ4v) is 8.03. The summed E-state index contributed by atoms with van der Waals surface area (Å²) in [5.41, 5.74) is 5.72. The number of hydrazine groups is 1. The van der Waals surface area contributed by atoms with Crippen LogP contribution in [0.2, 0.25) is 0 Å². The van der Waals surface area contributed by atoms with E-state index >= 15 is 0 Å². The Morgan fingerprint density at radius 2 is 1.19 bits per heavy atom. The van der Waals surface area contributed by atoms with Crippen LogP contribution in [-0.2, 0) is 14.4 Å². The molecule has 4 atom stereocenters. The van der Waals surface area contributed by atoms with Crippen molar-refractivity contribution in [2.24, 2.45) is 11.8 Å². The maximum absolute atomic E-state index is 13.3. The van der Waals surface area contributed by atoms with Gasteiger partial charge in [-0.15, -0.1) is 23.2 Å². The summed E-state index contributed by atoms with van der Waals surface area (Å²) in [6.07, 6.45) is 0. The van der Waals surface area contributed by atoms with Crippen LogP contribution in [0.15, 0.2) is 58.6 Å². The first-order valence-corrected chi connectivity index (χ1v) is 12.7. The lowest BCUT2D eigenvalue weighted by Crippen LogP contribution is -2.54. The minimum atomic E-state index is -2.26. The molecule has 1 fully saturated rings. The van der Waals surface area contributed by atoms with Crippen LogP contribution < -0.4 is 15.6 Å². The molecule has 1 heterocycles. The van der Waals surface area contributed by atoms with Gasteiger partial charge in [0.1, 0.15) is 21.2 Å². The fraction of sp³-hybridized carbons (Fsp3) is 0.261. The highest BCUT2D eigenvalue weighted by Gasteiger charge is 2.85. The largest absolute Gasteiger partial charge is 0.481 e. The number of hydrogen-bond acceptors (Lipinski definition) is 4. The number of carboxylic acids is 1. The Labute approximate surface area is 234 Å². The molecule has 0 unspecified atom stereocenters. The van der Waals surface area contributed by atoms with Crippen LogP contribution in [0.25, 0.3) is 0 Å². The van der Waals surface area contributed by atoms with Gasteiger partial charge in [-0.25, -0.2) is 0 Å². The highest BCUT2D eigenvalue weighted by molar-refractivity contribution is 6.66. The fourth-order valence-electron chi connectivity index (χ4n) is 5.09. The zero-order chi connectivity index (χ0) is 26.2. The molecule has 0 aromatic heterocycles. The monoisotopic (exact) mass is 608 g/mol. The third-order valence-corrected chi connectivity index (χ3v) is 11.0. The molecule has 13 heteroatoms. The van der Waals surface area contributed by atoms with E-state index in [1.807, 2.05) is 0 Å². The molecule has 188 valence electrons. The number of halogens is 6. The number of para-hydroxylation sites is 2. The summed E-state index contributed by atoms with van der Waals surface area (Å²) in [6.45, 7) is 0. The Kier molecular flexibility index (Phi) is 6.14. The third-order valence-electron chi connectivity index (χ3n) is 6.74. The number of carboxylic acid groups (broad SMARTS) is 1. The van der Waals surface area contributed by atoms with Gasteiger partial charge in [-0.05, 0) is 12.1 Å². The second kappa shape index (κ2) is 8.58. The van der Waals surface area contributed by atoms with Crippen LogP contribution in [0.3, 0.4) is 0 Å². The Morgan fingerprint density at radius 3 is 1.69 bits per heavy atom. The second-order valence-electron chi connectivity index (χ2n) is 8.51. The molecule has 1 aliphatic heterocycles. The molecule has 3 aliphatic rings. The van der Waals surface area contributed by atoms with Gasteiger partial charge in [0.2, 0.25) is 5.91 Å². The van der Waals surface area contributed by atoms with E-state index in [1.54, 1.807) is 48.5 Å². The van der Waals surface area contributed by atoms with Gasteiger partial charge in [-0.3, -0.25) is 25.2 Å². The number of amides is 2. The first-order valence-electron chi connectivity index (χ1n) is 10.4. The van der Waals surface area contributed by atoms with Crippen molar-refractivity contribution in [3.63, 3.8) is 0 Å². The standard InChI is InChI=1S/C23H14Cl6N2O5/c24-16-17(25)22(27)15(20(34)35)14(21(16,26)23(22,28)29)19(33)31-30-18(32)13-9-5-1-3-7-11(9)36-12-8-4-2-6-10(12)13/h1-8,13-15H,(H,30,32)(H,31,33)(H,34,35)/t14-,15+,21-,22-/m0/s1. The minimum absolute atomic E-state index is 0.345. The maximum Gasteiger partial charge on any atom is 0.309 e. The number of alkyl halides is 4. The zero-order valence-electron chi connectivity index (χ0n) is 17.7. The van der Waals surface area contributed by atoms with Crippen LogP contribution in [0.5, 0.6) is 11.5 Å². The first kappa shape index (κ1) is 25.8. The summed E-state index contributed by atoms with van der Waals surface area (Å²) in [5.74, 6) is -6.50. The molecule has 2 bridgehead atoms. The quantitative estimate of drug-likeness (QED) is 0.326. The van der Waals surface area contributed by atoms with Crippen molar-refractivity contribution in [1.29, 1.82) is 0 Å². The van der Waals surface area contributed by atoms with E-state index in [0.29, 0.717) is 22.6 Å². The first-order chi connectivity index (χ1) is 16.9. The number of nitrogens with one attached hydrogen (secondary N) is 2. The smallest absolute Gasteiger partial charge is 0.309 e. The van der Waals surface area contributed by atoms with Crippen LogP contribution in [0.1, 0.15) is 17.0 Å². The van der Waals surface area contributed by atoms with Crippen molar-refractivity contribution in [1.82, 2.24) is 10.9 Å². The van der Waals surface area contributed by atoms with Crippen molar-refractivity contribution in [2.45, 2.75) is 20.0 Å². The van der Waals surface area contributed by atoms with Crippen LogP contribution in [-0.4, -0.2) is 37.0 Å². The molecular weight excluding hydrogens is 597 g/mol. The van der Waals surface area contributed by atoms with Gasteiger partial charge in [-0.2, -0.15) is 0 Å². The second-order valence-corrected chi connectivity index (χ2v) is 11.8. The summed E-state index contributed by atoms with van der Waals surface area (Å²) in [6, 6.07) is 13.9. The van der Waals surface area contributed by atoms with Gasteiger partial charge in [0.05, 0.1) is 27.8 Å². The number of allylic oxidation sites excluding steroid dienone is 2. The average molecular weight is 611 g/mol. The summed E-state index contributed by atoms with van der Waals surface area (Å²) in [5, 5.41) is 9.20. The van der Waals surface area contributed by atoms with E-state index in [-0.39, 0.29) is 10.1 Å². The van der Waals surface area contributed by atoms with E-state index in [0.717, 1.165) is 0 Å². The van der Waals surface area contributed by atoms with Gasteiger partial charge in [0.25, 0.3) is 5.91 Å². The summed E-state index contributed by atoms with van der Waals surface area (Å²) in [7, 11) is 0. The van der Waals surface area contributed by atoms with Crippen molar-refractivity contribution in [3.8, 4) is 11.5 Å². The van der Waals surface area contributed by atoms with Gasteiger partial charge in [-0.1, -0.05) is 82.8 Å². The lowest BCUT2D eigenvalue weighted by molar-refractivity contribution is -0.147. The van der Waals surface area contributed by atoms with E-state index in [9.17, 15) is 19.5 Å². The summed E-state index contributed by atoms with van der Waals surface area (Å²) < 4.78 is 3.62. The molecule has 2 aromatic carbocycles. The molecule has 2 aromatic rings. The predicted molar refractivity (Wildman–Crippen MR) is 136 cm³/mol. The molecule has 2 amide bonds. The predicted octanol–water partition coefficient (Wildman–Crippen LogP) is 5.23. The zero-order valence-corrected chi connectivity index (χ0v) is 22.2. The minimum Gasteiger partial charge on any atom is -0.481 e. The number of ether oxygens (including phenoxy) is 1. The number of carbonyl (C=O) groups excluding carboxylic acids is 2. The van der Waals surface area contributed by atoms with Crippen LogP contribution in [0.4, 0.5) is 0 Å². The molecule has 2 aliphatic carbocycles. The molecule has 5 rings (SSSR count). The molecule has 0 spiro atoms. The van der Waals surface area contributed by atoms with Gasteiger partial charge in [0.15, 0.2) is 4.33 Å². The molecule has 36 heavy (non-hydrogen) atoms. The van der Waals surface area contributed by atoms with Gasteiger partial charge >= 0.3 is 5.97 Å². The topological polar surface area (TPSA) is 105 Å². The summed E-state index contributed by atoms with van der Waals surface area (Å²) in [4.78, 5) is 34.5. The number of benzene rings is 2. The third kappa shape index (κ3) is 3.17. The number of aliphatic carboxylic acids is 1. The molecule has 3 N–H and O–H groups in total. The van der Waals surface area contributed by atoms with Crippen LogP contribution in [0, 0.1) is 11.8 Å². The number of fused-ring (bicyclic) bond motifs is 4. The maximum atomic E-state index is 13.3. The average Bonchev–Trinajstić information content (AvgIpc) is 3.06. The lowest BCUT2D eigenvalue weighted by atomic mass is 9.81. The normalized spacial score (nSPS) is 29.7. The molecule has 1 saturated carbocycles. The molecule has 0 saturated heterocycles. The number of carbonyl (C=O) groups is 3. The lowest BCUT2D eigenvalue weighted by Gasteiger charge is -2.33. The number of rotatable bonds is 3. The highest BCUT2D eigenvalue weighted by Crippen LogP contribution is 2.76. The summed E-state index contributed by atoms with van der Waals surface area (Å²) >= 11 is 38.5. The van der Waals surface area contributed by atoms with Crippen molar-refractivity contribution < 1.29 is 24.2 Å². The van der Waals surface area contributed by atoms with Gasteiger partial charge < -0.3 is 9.84 Å². The van der Waals surface area contributed by atoms with Crippen LogP contribution >= 0.6 is 69.6 Å². The van der Waals surface area contributed by atoms with E-state index in [4.69, 9.17) is 74.3 Å². The Balaban J connectivity index is 1.45. The molecular formula is C23H14Cl6N2O5. The Hall–Kier alpha value is -1.87. The molecule has 0 radical (unpaired) electrons. The number of hydrogen-bond donors (Lipinski definition) is 3. The Bertz CT molecular complexity index is 1320. The van der Waals surface area contributed by atoms with E-state index in [2.05, 4.69) is 10.9 Å². The Morgan fingerprint density at radius 1 is 0.750 bits per heavy atom. The van der Waals surface area contributed by atoms with E-state index < -0.39 is 49.6 Å². The SMILES string of the molecule is O=C(NNC(=O)[C@@H]1[C@H](C(=O)O)[C@]2(Cl)C(Cl)=C(Cl)[C@]1(Cl)C2(Cl)Cl)C1c2ccccc2Oc2ccccc21. The van der Waals surface area contributed by atoms with Gasteiger partial charge in [0, 0.05) is 11.1 Å². The van der Waals surface area contributed by atoms with Crippen molar-refractivity contribution >= 4 is 87.4 Å². The highest BCUT2D eigenvalue weighted by atomic mass is 35.5. The molecule has 7 nitrogen and oxygen atoms in total. The van der Waals surface area contributed by atoms with Crippen molar-refractivity contribution in [2.75, 3.05) is 0 Å². The van der Waals surface area contributed by atoms with Crippen molar-refractivity contribution in [3.05, 3.63) is 69.7 Å².